The van der Waals surface area contributed by atoms with E-state index in [4.69, 9.17) is 9.16 Å². The van der Waals surface area contributed by atoms with Crippen LogP contribution in [0.2, 0.25) is 18.1 Å². The Kier molecular flexibility index (Phi) is 4.41. The summed E-state index contributed by atoms with van der Waals surface area (Å²) in [5.74, 6) is 0.337. The smallest absolute Gasteiger partial charge is 0.306 e. The normalized spacial score (nSPS) is 26.8. The molecule has 0 bridgehead atoms. The Bertz CT molecular complexity index is 281. The van der Waals surface area contributed by atoms with Gasteiger partial charge in [0.25, 0.3) is 0 Å². The number of cyclic esters (lactones) is 1. The Morgan fingerprint density at radius 2 is 2.00 bits per heavy atom. The molecule has 0 aromatic rings. The van der Waals surface area contributed by atoms with Gasteiger partial charge in [-0.1, -0.05) is 27.7 Å². The zero-order valence-corrected chi connectivity index (χ0v) is 13.0. The number of carbonyl (C=O) groups excluding carboxylic acids is 1. The van der Waals surface area contributed by atoms with Crippen LogP contribution in [0, 0.1) is 5.92 Å². The molecule has 0 amide bonds. The number of carbonyl (C=O) groups is 1. The molecule has 0 aromatic carbocycles. The highest BCUT2D eigenvalue weighted by Crippen LogP contribution is 2.37. The van der Waals surface area contributed by atoms with Gasteiger partial charge in [0.05, 0.1) is 6.61 Å². The summed E-state index contributed by atoms with van der Waals surface area (Å²) in [7, 11) is -1.73. The van der Waals surface area contributed by atoms with Crippen LogP contribution in [0.5, 0.6) is 0 Å². The molecule has 4 heteroatoms. The average molecular weight is 258 g/mol. The first-order valence-electron chi connectivity index (χ1n) is 6.47. The third-order valence-electron chi connectivity index (χ3n) is 4.14. The van der Waals surface area contributed by atoms with Crippen LogP contribution in [0.25, 0.3) is 0 Å². The minimum Gasteiger partial charge on any atom is -0.460 e. The van der Waals surface area contributed by atoms with Gasteiger partial charge in [0.2, 0.25) is 0 Å². The van der Waals surface area contributed by atoms with Crippen LogP contribution in [-0.2, 0) is 14.0 Å². The molecule has 0 spiro atoms. The molecule has 1 saturated heterocycles. The first kappa shape index (κ1) is 14.7. The fourth-order valence-electron chi connectivity index (χ4n) is 1.58. The molecule has 100 valence electrons. The van der Waals surface area contributed by atoms with Gasteiger partial charge in [-0.15, -0.1) is 0 Å². The Morgan fingerprint density at radius 1 is 1.41 bits per heavy atom. The van der Waals surface area contributed by atoms with Crippen molar-refractivity contribution in [3.8, 4) is 0 Å². The predicted molar refractivity (Wildman–Crippen MR) is 71.4 cm³/mol. The van der Waals surface area contributed by atoms with Crippen molar-refractivity contribution < 1.29 is 14.0 Å². The summed E-state index contributed by atoms with van der Waals surface area (Å²) in [4.78, 5) is 11.3. The van der Waals surface area contributed by atoms with Crippen molar-refractivity contribution in [3.05, 3.63) is 0 Å². The summed E-state index contributed by atoms with van der Waals surface area (Å²) in [6, 6.07) is 0. The Hall–Kier alpha value is -0.353. The summed E-state index contributed by atoms with van der Waals surface area (Å²) in [6.07, 6.45) is 1.42. The van der Waals surface area contributed by atoms with Crippen molar-refractivity contribution in [2.75, 3.05) is 6.61 Å². The van der Waals surface area contributed by atoms with Gasteiger partial charge in [-0.2, -0.15) is 0 Å². The van der Waals surface area contributed by atoms with Crippen LogP contribution in [0.3, 0.4) is 0 Å². The van der Waals surface area contributed by atoms with Crippen LogP contribution < -0.4 is 0 Å². The average Bonchev–Trinajstić information content (AvgIpc) is 2.18. The van der Waals surface area contributed by atoms with Gasteiger partial charge in [0.15, 0.2) is 8.32 Å². The maximum Gasteiger partial charge on any atom is 0.306 e. The van der Waals surface area contributed by atoms with E-state index in [1.54, 1.807) is 0 Å². The summed E-state index contributed by atoms with van der Waals surface area (Å²) in [6.45, 7) is 13.8. The third kappa shape index (κ3) is 3.81. The van der Waals surface area contributed by atoms with E-state index < -0.39 is 8.32 Å². The quantitative estimate of drug-likeness (QED) is 0.575. The number of hydrogen-bond acceptors (Lipinski definition) is 3. The van der Waals surface area contributed by atoms with Gasteiger partial charge < -0.3 is 9.16 Å². The van der Waals surface area contributed by atoms with Gasteiger partial charge in [-0.3, -0.25) is 4.79 Å². The fraction of sp³-hybridized carbons (Fsp3) is 0.923. The number of rotatable bonds is 3. The maximum absolute atomic E-state index is 11.3. The third-order valence-corrected chi connectivity index (χ3v) is 8.64. The molecule has 17 heavy (non-hydrogen) atoms. The molecular formula is C13H26O3Si. The van der Waals surface area contributed by atoms with Gasteiger partial charge >= 0.3 is 5.97 Å². The summed E-state index contributed by atoms with van der Waals surface area (Å²) in [5, 5.41) is 0.203. The van der Waals surface area contributed by atoms with Gasteiger partial charge in [-0.25, -0.2) is 0 Å². The second-order valence-electron chi connectivity index (χ2n) is 6.62. The molecule has 0 aromatic heterocycles. The van der Waals surface area contributed by atoms with E-state index in [9.17, 15) is 4.79 Å². The minimum atomic E-state index is -1.73. The predicted octanol–water partition coefficient (Wildman–Crippen LogP) is 3.35. The molecule has 0 saturated carbocycles. The lowest BCUT2D eigenvalue weighted by molar-refractivity contribution is -0.160. The van der Waals surface area contributed by atoms with E-state index in [2.05, 4.69) is 40.8 Å². The number of hydrogen-bond donors (Lipinski definition) is 0. The first-order chi connectivity index (χ1) is 7.63. The van der Waals surface area contributed by atoms with Crippen LogP contribution >= 0.6 is 0 Å². The molecule has 1 rings (SSSR count). The van der Waals surface area contributed by atoms with E-state index in [1.807, 2.05) is 0 Å². The highest BCUT2D eigenvalue weighted by atomic mass is 28.4. The number of esters is 1. The lowest BCUT2D eigenvalue weighted by atomic mass is 9.97. The molecule has 1 heterocycles. The van der Waals surface area contributed by atoms with E-state index in [-0.39, 0.29) is 17.1 Å². The van der Waals surface area contributed by atoms with Crippen molar-refractivity contribution in [1.82, 2.24) is 0 Å². The zero-order chi connectivity index (χ0) is 13.3. The van der Waals surface area contributed by atoms with Crippen molar-refractivity contribution in [2.24, 2.45) is 5.92 Å². The van der Waals surface area contributed by atoms with Crippen LogP contribution in [0.15, 0.2) is 0 Å². The van der Waals surface area contributed by atoms with Crippen molar-refractivity contribution in [2.45, 2.75) is 64.8 Å². The summed E-state index contributed by atoms with van der Waals surface area (Å²) < 4.78 is 11.5. The molecule has 3 nitrogen and oxygen atoms in total. The molecule has 0 N–H and O–H groups in total. The highest BCUT2D eigenvalue weighted by molar-refractivity contribution is 6.74. The molecule has 0 radical (unpaired) electrons. The molecule has 1 fully saturated rings. The SMILES string of the molecule is C[C@H]1CCC(=O)O[C@@H]1CO[Si](C)(C)C(C)(C)C. The van der Waals surface area contributed by atoms with Crippen LogP contribution in [0.4, 0.5) is 0 Å². The van der Waals surface area contributed by atoms with Crippen molar-refractivity contribution >= 4 is 14.3 Å². The second-order valence-corrected chi connectivity index (χ2v) is 11.4. The van der Waals surface area contributed by atoms with E-state index in [1.165, 1.54) is 0 Å². The van der Waals surface area contributed by atoms with Gasteiger partial charge in [-0.05, 0) is 30.5 Å². The van der Waals surface area contributed by atoms with Crippen molar-refractivity contribution in [3.63, 3.8) is 0 Å². The van der Waals surface area contributed by atoms with E-state index >= 15 is 0 Å². The molecule has 0 aliphatic carbocycles. The lowest BCUT2D eigenvalue weighted by Gasteiger charge is -2.38. The fourth-order valence-corrected chi connectivity index (χ4v) is 2.59. The molecular weight excluding hydrogens is 232 g/mol. The highest BCUT2D eigenvalue weighted by Gasteiger charge is 2.39. The monoisotopic (exact) mass is 258 g/mol. The lowest BCUT2D eigenvalue weighted by Crippen LogP contribution is -2.45. The Labute approximate surface area is 106 Å². The zero-order valence-electron chi connectivity index (χ0n) is 12.0. The maximum atomic E-state index is 11.3. The first-order valence-corrected chi connectivity index (χ1v) is 9.38. The van der Waals surface area contributed by atoms with Crippen LogP contribution in [0.1, 0.15) is 40.5 Å². The van der Waals surface area contributed by atoms with E-state index in [0.717, 1.165) is 6.42 Å². The summed E-state index contributed by atoms with van der Waals surface area (Å²) >= 11 is 0. The number of ether oxygens (including phenoxy) is 1. The van der Waals surface area contributed by atoms with E-state index in [0.29, 0.717) is 18.9 Å². The molecule has 2 atom stereocenters. The van der Waals surface area contributed by atoms with Gasteiger partial charge in [0, 0.05) is 6.42 Å². The Balaban J connectivity index is 2.52. The largest absolute Gasteiger partial charge is 0.460 e. The topological polar surface area (TPSA) is 35.5 Å². The molecule has 1 aliphatic rings. The molecule has 0 unspecified atom stereocenters. The van der Waals surface area contributed by atoms with Gasteiger partial charge in [0.1, 0.15) is 6.10 Å². The standard InChI is InChI=1S/C13H26O3Si/c1-10-7-8-12(14)16-11(10)9-15-17(5,6)13(2,3)4/h10-11H,7-9H2,1-6H3/t10-,11+/m0/s1. The summed E-state index contributed by atoms with van der Waals surface area (Å²) in [5.41, 5.74) is 0. The van der Waals surface area contributed by atoms with Crippen molar-refractivity contribution in [1.29, 1.82) is 0 Å². The van der Waals surface area contributed by atoms with Crippen LogP contribution in [-0.4, -0.2) is 27.0 Å². The second kappa shape index (κ2) is 5.10. The molecule has 1 aliphatic heterocycles. The Morgan fingerprint density at radius 3 is 2.53 bits per heavy atom. The minimum absolute atomic E-state index is 0.0506.